The molecule has 0 bridgehead atoms. The van der Waals surface area contributed by atoms with Crippen molar-refractivity contribution in [3.8, 4) is 11.4 Å². The molecule has 1 aromatic carbocycles. The van der Waals surface area contributed by atoms with E-state index in [2.05, 4.69) is 25.0 Å². The summed E-state index contributed by atoms with van der Waals surface area (Å²) in [6.45, 7) is 4.67. The molecule has 0 aliphatic heterocycles. The Hall–Kier alpha value is -1.81. The number of nitrogens with zero attached hydrogens (tertiary/aromatic N) is 2. The Labute approximate surface area is 107 Å². The fourth-order valence-electron chi connectivity index (χ4n) is 2.13. The van der Waals surface area contributed by atoms with Crippen LogP contribution in [-0.4, -0.2) is 16.9 Å². The monoisotopic (exact) mass is 245 g/mol. The van der Waals surface area contributed by atoms with Crippen molar-refractivity contribution in [3.63, 3.8) is 0 Å². The molecule has 0 unspecified atom stereocenters. The van der Waals surface area contributed by atoms with E-state index in [0.717, 1.165) is 29.1 Å². The highest BCUT2D eigenvalue weighted by molar-refractivity contribution is 5.49. The van der Waals surface area contributed by atoms with E-state index >= 15 is 0 Å². The molecule has 0 spiro atoms. The van der Waals surface area contributed by atoms with Crippen molar-refractivity contribution < 1.29 is 4.74 Å². The predicted molar refractivity (Wildman–Crippen MR) is 72.1 cm³/mol. The molecule has 2 rings (SSSR count). The van der Waals surface area contributed by atoms with Gasteiger partial charge in [-0.2, -0.15) is 5.10 Å². The number of benzene rings is 1. The highest BCUT2D eigenvalue weighted by Crippen LogP contribution is 2.26. The third-order valence-corrected chi connectivity index (χ3v) is 3.07. The third-order valence-electron chi connectivity index (χ3n) is 3.07. The van der Waals surface area contributed by atoms with E-state index in [-0.39, 0.29) is 0 Å². The second kappa shape index (κ2) is 5.23. The summed E-state index contributed by atoms with van der Waals surface area (Å²) in [6, 6.07) is 6.07. The molecule has 0 fully saturated rings. The van der Waals surface area contributed by atoms with Crippen LogP contribution in [0.15, 0.2) is 24.4 Å². The van der Waals surface area contributed by atoms with Gasteiger partial charge in [0.2, 0.25) is 0 Å². The first-order valence-electron chi connectivity index (χ1n) is 6.12. The number of ether oxygens (including phenoxy) is 1. The molecular formula is C14H19N3O. The van der Waals surface area contributed by atoms with Gasteiger partial charge < -0.3 is 10.5 Å². The molecule has 2 N–H and O–H groups in total. The SMILES string of the molecule is CCc1c(CN)cnn1-c1cc(C)ccc1OC. The van der Waals surface area contributed by atoms with E-state index in [4.69, 9.17) is 10.5 Å². The lowest BCUT2D eigenvalue weighted by Gasteiger charge is -2.12. The summed E-state index contributed by atoms with van der Waals surface area (Å²) in [6.07, 6.45) is 2.73. The first kappa shape index (κ1) is 12.6. The number of methoxy groups -OCH3 is 1. The van der Waals surface area contributed by atoms with Crippen LogP contribution in [0, 0.1) is 6.92 Å². The summed E-state index contributed by atoms with van der Waals surface area (Å²) >= 11 is 0. The van der Waals surface area contributed by atoms with Crippen molar-refractivity contribution in [2.24, 2.45) is 5.73 Å². The highest BCUT2D eigenvalue weighted by atomic mass is 16.5. The number of nitrogens with two attached hydrogens (primary N) is 1. The van der Waals surface area contributed by atoms with Gasteiger partial charge in [0, 0.05) is 17.8 Å². The van der Waals surface area contributed by atoms with E-state index in [1.54, 1.807) is 7.11 Å². The van der Waals surface area contributed by atoms with Crippen LogP contribution in [0.4, 0.5) is 0 Å². The maximum atomic E-state index is 5.73. The molecule has 18 heavy (non-hydrogen) atoms. The second-order valence-corrected chi connectivity index (χ2v) is 4.26. The summed E-state index contributed by atoms with van der Waals surface area (Å²) < 4.78 is 7.33. The molecular weight excluding hydrogens is 226 g/mol. The zero-order chi connectivity index (χ0) is 13.1. The van der Waals surface area contributed by atoms with Crippen LogP contribution in [0.25, 0.3) is 5.69 Å². The maximum Gasteiger partial charge on any atom is 0.144 e. The quantitative estimate of drug-likeness (QED) is 0.898. The summed E-state index contributed by atoms with van der Waals surface area (Å²) in [7, 11) is 1.67. The van der Waals surface area contributed by atoms with Crippen molar-refractivity contribution in [1.29, 1.82) is 0 Å². The van der Waals surface area contributed by atoms with Gasteiger partial charge >= 0.3 is 0 Å². The van der Waals surface area contributed by atoms with Crippen molar-refractivity contribution in [3.05, 3.63) is 41.2 Å². The molecule has 0 amide bonds. The Morgan fingerprint density at radius 1 is 1.39 bits per heavy atom. The van der Waals surface area contributed by atoms with Crippen LogP contribution in [-0.2, 0) is 13.0 Å². The van der Waals surface area contributed by atoms with Crippen molar-refractivity contribution in [2.75, 3.05) is 7.11 Å². The van der Waals surface area contributed by atoms with Gasteiger partial charge in [0.05, 0.1) is 13.3 Å². The van der Waals surface area contributed by atoms with E-state index in [9.17, 15) is 0 Å². The van der Waals surface area contributed by atoms with Gasteiger partial charge in [0.15, 0.2) is 0 Å². The first-order chi connectivity index (χ1) is 8.71. The number of hydrogen-bond acceptors (Lipinski definition) is 3. The number of aryl methyl sites for hydroxylation is 1. The Bertz CT molecular complexity index is 546. The molecule has 1 aromatic heterocycles. The summed E-state index contributed by atoms with van der Waals surface area (Å²) in [4.78, 5) is 0. The molecule has 0 saturated heterocycles. The Morgan fingerprint density at radius 2 is 2.17 bits per heavy atom. The molecule has 2 aromatic rings. The Balaban J connectivity index is 2.60. The van der Waals surface area contributed by atoms with Crippen LogP contribution >= 0.6 is 0 Å². The minimum absolute atomic E-state index is 0.511. The van der Waals surface area contributed by atoms with Gasteiger partial charge in [0.1, 0.15) is 11.4 Å². The minimum Gasteiger partial charge on any atom is -0.494 e. The topological polar surface area (TPSA) is 53.1 Å². The zero-order valence-electron chi connectivity index (χ0n) is 11.1. The van der Waals surface area contributed by atoms with Gasteiger partial charge in [-0.25, -0.2) is 4.68 Å². The number of rotatable bonds is 4. The van der Waals surface area contributed by atoms with Gasteiger partial charge in [0.25, 0.3) is 0 Å². The van der Waals surface area contributed by atoms with E-state index < -0.39 is 0 Å². The molecule has 1 heterocycles. The average molecular weight is 245 g/mol. The van der Waals surface area contributed by atoms with Gasteiger partial charge in [-0.15, -0.1) is 0 Å². The Morgan fingerprint density at radius 3 is 2.78 bits per heavy atom. The lowest BCUT2D eigenvalue weighted by Crippen LogP contribution is -2.06. The van der Waals surface area contributed by atoms with Crippen LogP contribution in [0.1, 0.15) is 23.7 Å². The second-order valence-electron chi connectivity index (χ2n) is 4.26. The highest BCUT2D eigenvalue weighted by Gasteiger charge is 2.13. The molecule has 0 radical (unpaired) electrons. The van der Waals surface area contributed by atoms with Crippen molar-refractivity contribution in [1.82, 2.24) is 9.78 Å². The summed E-state index contributed by atoms with van der Waals surface area (Å²) in [5.41, 5.74) is 10.1. The fraction of sp³-hybridized carbons (Fsp3) is 0.357. The van der Waals surface area contributed by atoms with Crippen LogP contribution in [0.3, 0.4) is 0 Å². The van der Waals surface area contributed by atoms with Crippen LogP contribution in [0.2, 0.25) is 0 Å². The van der Waals surface area contributed by atoms with Gasteiger partial charge in [-0.05, 0) is 31.0 Å². The standard InChI is InChI=1S/C14H19N3O/c1-4-12-11(8-15)9-16-17(12)13-7-10(2)5-6-14(13)18-3/h5-7,9H,4,8,15H2,1-3H3. The smallest absolute Gasteiger partial charge is 0.144 e. The largest absolute Gasteiger partial charge is 0.494 e. The average Bonchev–Trinajstić information content (AvgIpc) is 2.81. The van der Waals surface area contributed by atoms with Crippen LogP contribution in [0.5, 0.6) is 5.75 Å². The number of hydrogen-bond donors (Lipinski definition) is 1. The molecule has 4 heteroatoms. The number of aromatic nitrogens is 2. The normalized spacial score (nSPS) is 10.7. The molecule has 0 saturated carbocycles. The van der Waals surface area contributed by atoms with Crippen molar-refractivity contribution >= 4 is 0 Å². The maximum absolute atomic E-state index is 5.73. The molecule has 4 nitrogen and oxygen atoms in total. The predicted octanol–water partition coefficient (Wildman–Crippen LogP) is 2.21. The molecule has 0 aliphatic rings. The minimum atomic E-state index is 0.511. The van der Waals surface area contributed by atoms with E-state index in [1.165, 1.54) is 5.56 Å². The lowest BCUT2D eigenvalue weighted by molar-refractivity contribution is 0.411. The summed E-state index contributed by atoms with van der Waals surface area (Å²) in [5.74, 6) is 0.821. The zero-order valence-corrected chi connectivity index (χ0v) is 11.1. The van der Waals surface area contributed by atoms with Gasteiger partial charge in [-0.1, -0.05) is 13.0 Å². The molecule has 96 valence electrons. The fourth-order valence-corrected chi connectivity index (χ4v) is 2.13. The molecule has 0 atom stereocenters. The third kappa shape index (κ3) is 2.11. The first-order valence-corrected chi connectivity index (χ1v) is 6.12. The van der Waals surface area contributed by atoms with E-state index in [1.807, 2.05) is 23.0 Å². The van der Waals surface area contributed by atoms with E-state index in [0.29, 0.717) is 6.54 Å². The van der Waals surface area contributed by atoms with Crippen LogP contribution < -0.4 is 10.5 Å². The molecule has 0 aliphatic carbocycles. The van der Waals surface area contributed by atoms with Crippen molar-refractivity contribution in [2.45, 2.75) is 26.8 Å². The summed E-state index contributed by atoms with van der Waals surface area (Å²) in [5, 5.41) is 4.43. The Kier molecular flexibility index (Phi) is 3.67. The lowest BCUT2D eigenvalue weighted by atomic mass is 10.1. The van der Waals surface area contributed by atoms with Gasteiger partial charge in [-0.3, -0.25) is 0 Å².